The molecule has 0 bridgehead atoms. The smallest absolute Gasteiger partial charge is 0.225 e. The number of carbonyl (C=O) groups excluding carboxylic acids is 1. The minimum Gasteiger partial charge on any atom is -0.281 e. The molecule has 1 rings (SSSR count). The highest BCUT2D eigenvalue weighted by Crippen LogP contribution is 2.60. The predicted molar refractivity (Wildman–Crippen MR) is 55.5 cm³/mol. The van der Waals surface area contributed by atoms with E-state index in [1.54, 1.807) is 6.08 Å². The first-order chi connectivity index (χ1) is 6.45. The topological polar surface area (TPSA) is 40.9 Å². The highest BCUT2D eigenvalue weighted by Gasteiger charge is 2.59. The summed E-state index contributed by atoms with van der Waals surface area (Å²) in [7, 11) is 0. The Labute approximate surface area is 88.9 Å². The fourth-order valence-electron chi connectivity index (χ4n) is 1.77. The van der Waals surface area contributed by atoms with Crippen LogP contribution in [0.1, 0.15) is 13.8 Å². The lowest BCUT2D eigenvalue weighted by Crippen LogP contribution is -1.96. The first-order valence-electron chi connectivity index (χ1n) is 4.39. The molecule has 0 saturated heterocycles. The zero-order valence-corrected chi connectivity index (χ0v) is 9.01. The van der Waals surface area contributed by atoms with Crippen molar-refractivity contribution in [2.24, 2.45) is 17.3 Å². The maximum absolute atomic E-state index is 11.0. The third-order valence-corrected chi connectivity index (χ3v) is 3.10. The molecule has 2 atom stereocenters. The van der Waals surface area contributed by atoms with Gasteiger partial charge >= 0.3 is 0 Å². The fourth-order valence-corrected chi connectivity index (χ4v) is 2.18. The number of nitrogens with zero attached hydrogens (tertiary/aromatic N) is 1. The van der Waals surface area contributed by atoms with Crippen molar-refractivity contribution in [2.45, 2.75) is 13.8 Å². The van der Waals surface area contributed by atoms with Crippen LogP contribution in [-0.4, -0.2) is 5.24 Å². The zero-order valence-electron chi connectivity index (χ0n) is 8.25. The van der Waals surface area contributed by atoms with Crippen LogP contribution in [0.4, 0.5) is 0 Å². The molecule has 0 aliphatic heterocycles. The van der Waals surface area contributed by atoms with Crippen LogP contribution in [0.15, 0.2) is 24.3 Å². The van der Waals surface area contributed by atoms with E-state index in [1.807, 2.05) is 19.9 Å². The Kier molecular flexibility index (Phi) is 2.82. The van der Waals surface area contributed by atoms with E-state index in [4.69, 9.17) is 16.9 Å². The van der Waals surface area contributed by atoms with Crippen molar-refractivity contribution in [3.05, 3.63) is 24.3 Å². The van der Waals surface area contributed by atoms with Crippen molar-refractivity contribution >= 4 is 16.8 Å². The maximum atomic E-state index is 11.0. The van der Waals surface area contributed by atoms with E-state index in [2.05, 4.69) is 6.58 Å². The van der Waals surface area contributed by atoms with Crippen molar-refractivity contribution in [2.75, 3.05) is 0 Å². The summed E-state index contributed by atoms with van der Waals surface area (Å²) in [5.74, 6) is -0.0902. The number of rotatable bonds is 3. The lowest BCUT2D eigenvalue weighted by Gasteiger charge is -1.96. The van der Waals surface area contributed by atoms with Gasteiger partial charge in [-0.2, -0.15) is 5.26 Å². The summed E-state index contributed by atoms with van der Waals surface area (Å²) in [6, 6.07) is 2.01. The molecule has 74 valence electrons. The molecule has 0 aromatic heterocycles. The Bertz CT molecular complexity index is 349. The van der Waals surface area contributed by atoms with Crippen LogP contribution in [0.5, 0.6) is 0 Å². The molecule has 0 aromatic rings. The molecule has 0 radical (unpaired) electrons. The number of nitriles is 1. The molecular weight excluding hydrogens is 198 g/mol. The predicted octanol–water partition coefficient (Wildman–Crippen LogP) is 2.66. The van der Waals surface area contributed by atoms with Gasteiger partial charge in [-0.25, -0.2) is 0 Å². The highest BCUT2D eigenvalue weighted by atomic mass is 35.5. The van der Waals surface area contributed by atoms with Gasteiger partial charge in [0, 0.05) is 11.5 Å². The number of carbonyl (C=O) groups is 1. The molecule has 0 N–H and O–H groups in total. The Morgan fingerprint density at radius 3 is 2.50 bits per heavy atom. The third kappa shape index (κ3) is 1.73. The standard InChI is InChI=1S/C11H12ClNO/c1-4-7(6-13)5-8-9(10(12)14)11(8,2)3/h4-5,8-9H,1H2,2-3H3/b7-5-/t8?,9-/m0/s1. The lowest BCUT2D eigenvalue weighted by molar-refractivity contribution is -0.113. The molecule has 0 amide bonds. The minimum absolute atomic E-state index is 0.0696. The van der Waals surface area contributed by atoms with Crippen molar-refractivity contribution in [3.8, 4) is 6.07 Å². The van der Waals surface area contributed by atoms with Gasteiger partial charge in [-0.3, -0.25) is 4.79 Å². The number of allylic oxidation sites excluding steroid dienone is 3. The van der Waals surface area contributed by atoms with Crippen molar-refractivity contribution in [3.63, 3.8) is 0 Å². The van der Waals surface area contributed by atoms with Crippen LogP contribution in [0.2, 0.25) is 0 Å². The monoisotopic (exact) mass is 209 g/mol. The number of hydrogen-bond donors (Lipinski definition) is 0. The Morgan fingerprint density at radius 2 is 2.21 bits per heavy atom. The zero-order chi connectivity index (χ0) is 10.9. The van der Waals surface area contributed by atoms with E-state index in [-0.39, 0.29) is 22.5 Å². The molecule has 1 saturated carbocycles. The summed E-state index contributed by atoms with van der Waals surface area (Å²) < 4.78 is 0. The first kappa shape index (κ1) is 11.0. The second kappa shape index (κ2) is 3.59. The number of halogens is 1. The Hall–Kier alpha value is -1.07. The molecule has 0 heterocycles. The van der Waals surface area contributed by atoms with Gasteiger partial charge in [0.25, 0.3) is 0 Å². The van der Waals surface area contributed by atoms with Crippen molar-refractivity contribution in [1.29, 1.82) is 5.26 Å². The van der Waals surface area contributed by atoms with Crippen molar-refractivity contribution < 1.29 is 4.79 Å². The third-order valence-electron chi connectivity index (χ3n) is 2.86. The van der Waals surface area contributed by atoms with Crippen LogP contribution >= 0.6 is 11.6 Å². The van der Waals surface area contributed by atoms with Gasteiger partial charge in [-0.1, -0.05) is 32.6 Å². The fraction of sp³-hybridized carbons (Fsp3) is 0.455. The molecule has 1 fully saturated rings. The lowest BCUT2D eigenvalue weighted by atomic mass is 10.1. The van der Waals surface area contributed by atoms with Crippen LogP contribution in [0.3, 0.4) is 0 Å². The molecule has 14 heavy (non-hydrogen) atoms. The van der Waals surface area contributed by atoms with Gasteiger partial charge in [0.1, 0.15) is 0 Å². The molecule has 3 heteroatoms. The summed E-state index contributed by atoms with van der Waals surface area (Å²) >= 11 is 5.45. The minimum atomic E-state index is -0.322. The van der Waals surface area contributed by atoms with Crippen LogP contribution in [0.25, 0.3) is 0 Å². The van der Waals surface area contributed by atoms with Gasteiger partial charge in [-0.15, -0.1) is 0 Å². The van der Waals surface area contributed by atoms with E-state index in [9.17, 15) is 4.79 Å². The Morgan fingerprint density at radius 1 is 1.64 bits per heavy atom. The molecule has 2 nitrogen and oxygen atoms in total. The number of hydrogen-bond acceptors (Lipinski definition) is 2. The molecular formula is C11H12ClNO. The summed E-state index contributed by atoms with van der Waals surface area (Å²) in [6.07, 6.45) is 3.27. The van der Waals surface area contributed by atoms with Gasteiger partial charge < -0.3 is 0 Å². The van der Waals surface area contributed by atoms with Gasteiger partial charge in [-0.05, 0) is 22.9 Å². The summed E-state index contributed by atoms with van der Waals surface area (Å²) in [5, 5.41) is 8.37. The quantitative estimate of drug-likeness (QED) is 0.407. The molecule has 0 aromatic carbocycles. The van der Waals surface area contributed by atoms with Gasteiger partial charge in [0.2, 0.25) is 5.24 Å². The van der Waals surface area contributed by atoms with Gasteiger partial charge in [0.05, 0.1) is 6.07 Å². The summed E-state index contributed by atoms with van der Waals surface area (Å²) in [4.78, 5) is 11.0. The van der Waals surface area contributed by atoms with E-state index >= 15 is 0 Å². The van der Waals surface area contributed by atoms with Crippen LogP contribution in [0, 0.1) is 28.6 Å². The normalized spacial score (nSPS) is 29.1. The SMILES string of the molecule is C=C/C(C#N)=C/C1[C@@H](C(=O)Cl)C1(C)C. The van der Waals surface area contributed by atoms with E-state index in [1.165, 1.54) is 6.08 Å². The van der Waals surface area contributed by atoms with E-state index < -0.39 is 0 Å². The second-order valence-electron chi connectivity index (χ2n) is 4.07. The van der Waals surface area contributed by atoms with E-state index in [0.29, 0.717) is 5.57 Å². The summed E-state index contributed by atoms with van der Waals surface area (Å²) in [6.45, 7) is 7.46. The maximum Gasteiger partial charge on any atom is 0.225 e. The molecule has 1 aliphatic carbocycles. The van der Waals surface area contributed by atoms with Crippen LogP contribution < -0.4 is 0 Å². The first-order valence-corrected chi connectivity index (χ1v) is 4.76. The summed E-state index contributed by atoms with van der Waals surface area (Å²) in [5.41, 5.74) is 0.382. The van der Waals surface area contributed by atoms with Crippen molar-refractivity contribution in [1.82, 2.24) is 0 Å². The Balaban J connectivity index is 2.85. The average Bonchev–Trinajstić information content (AvgIpc) is 2.63. The van der Waals surface area contributed by atoms with Gasteiger partial charge in [0.15, 0.2) is 0 Å². The molecule has 1 aliphatic rings. The second-order valence-corrected chi connectivity index (χ2v) is 4.44. The largest absolute Gasteiger partial charge is 0.281 e. The molecule has 1 unspecified atom stereocenters. The van der Waals surface area contributed by atoms with E-state index in [0.717, 1.165) is 0 Å². The highest BCUT2D eigenvalue weighted by molar-refractivity contribution is 6.64. The van der Waals surface area contributed by atoms with Crippen LogP contribution in [-0.2, 0) is 4.79 Å². The average molecular weight is 210 g/mol. The molecule has 0 spiro atoms.